The Kier molecular flexibility index (Phi) is 3.36. The van der Waals surface area contributed by atoms with E-state index >= 15 is 0 Å². The number of aryl methyl sites for hydroxylation is 1. The van der Waals surface area contributed by atoms with E-state index in [0.717, 1.165) is 28.2 Å². The number of ether oxygens (including phenoxy) is 1. The fourth-order valence-electron chi connectivity index (χ4n) is 2.32. The maximum atomic E-state index is 6.57. The van der Waals surface area contributed by atoms with Crippen LogP contribution in [0.1, 0.15) is 16.8 Å². The highest BCUT2D eigenvalue weighted by atomic mass is 35.5. The van der Waals surface area contributed by atoms with E-state index in [1.807, 2.05) is 60.1 Å². The molecule has 1 heterocycles. The van der Waals surface area contributed by atoms with Crippen molar-refractivity contribution in [3.05, 3.63) is 59.9 Å². The van der Waals surface area contributed by atoms with Gasteiger partial charge in [-0.3, -0.25) is 0 Å². The maximum absolute atomic E-state index is 6.57. The zero-order valence-corrected chi connectivity index (χ0v) is 12.1. The summed E-state index contributed by atoms with van der Waals surface area (Å²) in [5.74, 6) is 1.63. The molecule has 0 aliphatic rings. The van der Waals surface area contributed by atoms with Crippen LogP contribution in [0, 0.1) is 0 Å². The molecule has 102 valence electrons. The second-order valence-corrected chi connectivity index (χ2v) is 5.09. The van der Waals surface area contributed by atoms with Crippen molar-refractivity contribution in [1.82, 2.24) is 9.55 Å². The third-order valence-corrected chi connectivity index (χ3v) is 3.89. The Morgan fingerprint density at radius 2 is 1.90 bits per heavy atom. The molecule has 2 aromatic carbocycles. The Bertz CT molecular complexity index is 737. The molecule has 3 rings (SSSR count). The van der Waals surface area contributed by atoms with Crippen molar-refractivity contribution in [2.45, 2.75) is 5.38 Å². The molecule has 1 atom stereocenters. The summed E-state index contributed by atoms with van der Waals surface area (Å²) in [6.07, 6.45) is 0. The van der Waals surface area contributed by atoms with Gasteiger partial charge in [-0.2, -0.15) is 0 Å². The van der Waals surface area contributed by atoms with Crippen LogP contribution >= 0.6 is 11.6 Å². The van der Waals surface area contributed by atoms with Gasteiger partial charge in [0.05, 0.1) is 18.1 Å². The Hall–Kier alpha value is -2.00. The van der Waals surface area contributed by atoms with Crippen molar-refractivity contribution in [3.8, 4) is 5.75 Å². The third-order valence-electron chi connectivity index (χ3n) is 3.44. The number of aromatic nitrogens is 2. The largest absolute Gasteiger partial charge is 0.497 e. The molecule has 0 spiro atoms. The Morgan fingerprint density at radius 1 is 1.15 bits per heavy atom. The summed E-state index contributed by atoms with van der Waals surface area (Å²) in [6, 6.07) is 15.8. The minimum Gasteiger partial charge on any atom is -0.497 e. The summed E-state index contributed by atoms with van der Waals surface area (Å²) in [7, 11) is 3.63. The number of nitrogens with zero attached hydrogens (tertiary/aromatic N) is 2. The highest BCUT2D eigenvalue weighted by Crippen LogP contribution is 2.31. The number of alkyl halides is 1. The van der Waals surface area contributed by atoms with Crippen LogP contribution in [-0.4, -0.2) is 16.7 Å². The van der Waals surface area contributed by atoms with Crippen LogP contribution in [0.2, 0.25) is 0 Å². The molecule has 1 unspecified atom stereocenters. The molecule has 0 bridgehead atoms. The lowest BCUT2D eigenvalue weighted by atomic mass is 10.1. The molecule has 0 amide bonds. The van der Waals surface area contributed by atoms with E-state index in [9.17, 15) is 0 Å². The Balaban J connectivity index is 2.10. The van der Waals surface area contributed by atoms with E-state index in [-0.39, 0.29) is 5.38 Å². The molecule has 4 heteroatoms. The third kappa shape index (κ3) is 2.14. The van der Waals surface area contributed by atoms with E-state index in [2.05, 4.69) is 4.98 Å². The van der Waals surface area contributed by atoms with E-state index < -0.39 is 0 Å². The van der Waals surface area contributed by atoms with Gasteiger partial charge in [0.15, 0.2) is 0 Å². The van der Waals surface area contributed by atoms with Crippen LogP contribution in [0.5, 0.6) is 5.75 Å². The maximum Gasteiger partial charge on any atom is 0.132 e. The zero-order valence-electron chi connectivity index (χ0n) is 11.4. The van der Waals surface area contributed by atoms with Crippen molar-refractivity contribution in [2.24, 2.45) is 7.05 Å². The van der Waals surface area contributed by atoms with Crippen LogP contribution in [-0.2, 0) is 7.05 Å². The van der Waals surface area contributed by atoms with Gasteiger partial charge >= 0.3 is 0 Å². The number of rotatable bonds is 3. The van der Waals surface area contributed by atoms with Gasteiger partial charge in [0, 0.05) is 13.1 Å². The van der Waals surface area contributed by atoms with Gasteiger partial charge in [-0.25, -0.2) is 4.98 Å². The number of hydrogen-bond acceptors (Lipinski definition) is 2. The Labute approximate surface area is 122 Å². The molecular weight excluding hydrogens is 272 g/mol. The van der Waals surface area contributed by atoms with E-state index in [1.54, 1.807) is 7.11 Å². The van der Waals surface area contributed by atoms with Crippen LogP contribution < -0.4 is 4.74 Å². The van der Waals surface area contributed by atoms with Gasteiger partial charge in [0.25, 0.3) is 0 Å². The molecule has 0 aliphatic heterocycles. The van der Waals surface area contributed by atoms with Crippen molar-refractivity contribution in [1.29, 1.82) is 0 Å². The molecule has 1 aromatic heterocycles. The average molecular weight is 287 g/mol. The smallest absolute Gasteiger partial charge is 0.132 e. The summed E-state index contributed by atoms with van der Waals surface area (Å²) in [6.45, 7) is 0. The first-order valence-electron chi connectivity index (χ1n) is 6.40. The van der Waals surface area contributed by atoms with Gasteiger partial charge < -0.3 is 9.30 Å². The average Bonchev–Trinajstić information content (AvgIpc) is 2.84. The van der Waals surface area contributed by atoms with Crippen LogP contribution in [0.4, 0.5) is 0 Å². The van der Waals surface area contributed by atoms with Gasteiger partial charge in [0.2, 0.25) is 0 Å². The van der Waals surface area contributed by atoms with Gasteiger partial charge in [-0.05, 0) is 17.7 Å². The topological polar surface area (TPSA) is 27.1 Å². The SMILES string of the molecule is COc1ccc2c(c1)nc(C(Cl)c1ccccc1)n2C. The molecule has 0 saturated heterocycles. The molecule has 0 saturated carbocycles. The fourth-order valence-corrected chi connectivity index (χ4v) is 2.66. The first-order chi connectivity index (χ1) is 9.70. The molecule has 0 radical (unpaired) electrons. The van der Waals surface area contributed by atoms with Crippen LogP contribution in [0.15, 0.2) is 48.5 Å². The summed E-state index contributed by atoms with van der Waals surface area (Å²) in [4.78, 5) is 4.65. The van der Waals surface area contributed by atoms with Crippen molar-refractivity contribution in [3.63, 3.8) is 0 Å². The van der Waals surface area contributed by atoms with Crippen molar-refractivity contribution in [2.75, 3.05) is 7.11 Å². The van der Waals surface area contributed by atoms with Gasteiger partial charge in [-0.15, -0.1) is 11.6 Å². The first-order valence-corrected chi connectivity index (χ1v) is 6.83. The molecular formula is C16H15ClN2O. The summed E-state index contributed by atoms with van der Waals surface area (Å²) in [5.41, 5.74) is 2.98. The lowest BCUT2D eigenvalue weighted by molar-refractivity contribution is 0.415. The second-order valence-electron chi connectivity index (χ2n) is 4.66. The van der Waals surface area contributed by atoms with Crippen molar-refractivity contribution >= 4 is 22.6 Å². The molecule has 3 nitrogen and oxygen atoms in total. The highest BCUT2D eigenvalue weighted by molar-refractivity contribution is 6.22. The van der Waals surface area contributed by atoms with Gasteiger partial charge in [-0.1, -0.05) is 30.3 Å². The number of hydrogen-bond donors (Lipinski definition) is 0. The lowest BCUT2D eigenvalue weighted by Gasteiger charge is -2.09. The van der Waals surface area contributed by atoms with Gasteiger partial charge in [0.1, 0.15) is 17.0 Å². The molecule has 0 fully saturated rings. The first kappa shape index (κ1) is 13.0. The molecule has 0 N–H and O–H groups in total. The number of imidazole rings is 1. The molecule has 0 aliphatic carbocycles. The lowest BCUT2D eigenvalue weighted by Crippen LogP contribution is -2.02. The summed E-state index contributed by atoms with van der Waals surface area (Å²) in [5, 5.41) is -0.264. The summed E-state index contributed by atoms with van der Waals surface area (Å²) < 4.78 is 7.26. The zero-order chi connectivity index (χ0) is 14.1. The normalized spacial score (nSPS) is 12.6. The molecule has 20 heavy (non-hydrogen) atoms. The highest BCUT2D eigenvalue weighted by Gasteiger charge is 2.18. The van der Waals surface area contributed by atoms with E-state index in [0.29, 0.717) is 0 Å². The van der Waals surface area contributed by atoms with Crippen LogP contribution in [0.25, 0.3) is 11.0 Å². The molecule has 3 aromatic rings. The number of fused-ring (bicyclic) bond motifs is 1. The van der Waals surface area contributed by atoms with Crippen LogP contribution in [0.3, 0.4) is 0 Å². The number of methoxy groups -OCH3 is 1. The second kappa shape index (κ2) is 5.17. The quantitative estimate of drug-likeness (QED) is 0.683. The van der Waals surface area contributed by atoms with Crippen molar-refractivity contribution < 1.29 is 4.74 Å². The monoisotopic (exact) mass is 286 g/mol. The predicted octanol–water partition coefficient (Wildman–Crippen LogP) is 3.91. The number of benzene rings is 2. The summed E-state index contributed by atoms with van der Waals surface area (Å²) >= 11 is 6.57. The van der Waals surface area contributed by atoms with E-state index in [1.165, 1.54) is 0 Å². The minimum atomic E-state index is -0.264. The predicted molar refractivity (Wildman–Crippen MR) is 81.4 cm³/mol. The standard InChI is InChI=1S/C16H15ClN2O/c1-19-14-9-8-12(20-2)10-13(14)18-16(19)15(17)11-6-4-3-5-7-11/h3-10,15H,1-2H3. The van der Waals surface area contributed by atoms with E-state index in [4.69, 9.17) is 16.3 Å². The fraction of sp³-hybridized carbons (Fsp3) is 0.188. The number of halogens is 1. The minimum absolute atomic E-state index is 0.264. The Morgan fingerprint density at radius 3 is 2.60 bits per heavy atom.